The summed E-state index contributed by atoms with van der Waals surface area (Å²) in [6.07, 6.45) is 0.797. The second-order valence-corrected chi connectivity index (χ2v) is 4.48. The van der Waals surface area contributed by atoms with E-state index in [4.69, 9.17) is 11.6 Å². The zero-order valence-corrected chi connectivity index (χ0v) is 11.6. The van der Waals surface area contributed by atoms with Gasteiger partial charge in [0.15, 0.2) is 0 Å². The molecule has 104 valence electrons. The lowest BCUT2D eigenvalue weighted by Gasteiger charge is -2.17. The Bertz CT molecular complexity index is 476. The van der Waals surface area contributed by atoms with E-state index in [1.165, 1.54) is 30.2 Å². The summed E-state index contributed by atoms with van der Waals surface area (Å²) >= 11 is 5.75. The number of phenols is 1. The van der Waals surface area contributed by atoms with Crippen molar-refractivity contribution in [3.63, 3.8) is 0 Å². The highest BCUT2D eigenvalue weighted by Crippen LogP contribution is 2.24. The summed E-state index contributed by atoms with van der Waals surface area (Å²) in [5.74, 6) is -0.577. The minimum Gasteiger partial charge on any atom is -0.506 e. The quantitative estimate of drug-likeness (QED) is 0.841. The number of nitrogens with zero attached hydrogens (tertiary/aromatic N) is 1. The molecule has 0 radical (unpaired) electrons. The van der Waals surface area contributed by atoms with Crippen molar-refractivity contribution in [1.29, 1.82) is 0 Å². The van der Waals surface area contributed by atoms with Gasteiger partial charge in [-0.2, -0.15) is 0 Å². The second-order valence-electron chi connectivity index (χ2n) is 4.07. The van der Waals surface area contributed by atoms with Gasteiger partial charge in [-0.1, -0.05) is 11.6 Å². The molecule has 0 bridgehead atoms. The first-order valence-corrected chi connectivity index (χ1v) is 6.14. The standard InChI is InChI=1S/C13H16ClNO4/c1-15(7-3-4-12(17)19-2)13(18)9-5-6-11(16)10(14)8-9/h5-6,8,16H,3-4,7H2,1-2H3. The Morgan fingerprint density at radius 1 is 1.42 bits per heavy atom. The van der Waals surface area contributed by atoms with E-state index in [2.05, 4.69) is 4.74 Å². The lowest BCUT2D eigenvalue weighted by Crippen LogP contribution is -2.28. The van der Waals surface area contributed by atoms with Crippen molar-refractivity contribution in [2.45, 2.75) is 12.8 Å². The van der Waals surface area contributed by atoms with Gasteiger partial charge in [-0.15, -0.1) is 0 Å². The fraction of sp³-hybridized carbons (Fsp3) is 0.385. The van der Waals surface area contributed by atoms with Gasteiger partial charge in [0.1, 0.15) is 5.75 Å². The topological polar surface area (TPSA) is 66.8 Å². The third kappa shape index (κ3) is 4.44. The molecule has 1 aromatic rings. The van der Waals surface area contributed by atoms with Crippen LogP contribution in [0.5, 0.6) is 5.75 Å². The van der Waals surface area contributed by atoms with Crippen LogP contribution < -0.4 is 0 Å². The number of phenolic OH excluding ortho intramolecular Hbond substituents is 1. The molecule has 0 spiro atoms. The Kier molecular flexibility index (Phi) is 5.63. The van der Waals surface area contributed by atoms with Crippen LogP contribution in [0.15, 0.2) is 18.2 Å². The second kappa shape index (κ2) is 6.99. The van der Waals surface area contributed by atoms with Crippen LogP contribution in [0, 0.1) is 0 Å². The van der Waals surface area contributed by atoms with E-state index in [1.54, 1.807) is 7.05 Å². The normalized spacial score (nSPS) is 10.1. The van der Waals surface area contributed by atoms with Crippen molar-refractivity contribution in [2.24, 2.45) is 0 Å². The number of methoxy groups -OCH3 is 1. The minimum absolute atomic E-state index is 0.0634. The largest absolute Gasteiger partial charge is 0.506 e. The number of hydrogen-bond donors (Lipinski definition) is 1. The first-order valence-electron chi connectivity index (χ1n) is 5.76. The first kappa shape index (κ1) is 15.3. The number of rotatable bonds is 5. The van der Waals surface area contributed by atoms with Crippen molar-refractivity contribution in [2.75, 3.05) is 20.7 Å². The molecule has 6 heteroatoms. The monoisotopic (exact) mass is 285 g/mol. The minimum atomic E-state index is -0.298. The Balaban J connectivity index is 2.56. The average Bonchev–Trinajstić information content (AvgIpc) is 2.40. The van der Waals surface area contributed by atoms with Gasteiger partial charge in [0.2, 0.25) is 0 Å². The van der Waals surface area contributed by atoms with Crippen LogP contribution in [0.3, 0.4) is 0 Å². The lowest BCUT2D eigenvalue weighted by atomic mass is 10.2. The van der Waals surface area contributed by atoms with E-state index in [0.29, 0.717) is 18.5 Å². The van der Waals surface area contributed by atoms with Crippen LogP contribution in [0.1, 0.15) is 23.2 Å². The molecule has 0 aliphatic carbocycles. The fourth-order valence-corrected chi connectivity index (χ4v) is 1.71. The molecule has 0 saturated carbocycles. The number of esters is 1. The molecule has 0 heterocycles. The zero-order chi connectivity index (χ0) is 14.4. The third-order valence-corrected chi connectivity index (χ3v) is 2.95. The number of halogens is 1. The van der Waals surface area contributed by atoms with Gasteiger partial charge in [-0.3, -0.25) is 9.59 Å². The highest BCUT2D eigenvalue weighted by atomic mass is 35.5. The Morgan fingerprint density at radius 3 is 2.68 bits per heavy atom. The van der Waals surface area contributed by atoms with Crippen molar-refractivity contribution in [1.82, 2.24) is 4.90 Å². The molecule has 5 nitrogen and oxygen atoms in total. The van der Waals surface area contributed by atoms with Crippen molar-refractivity contribution in [3.05, 3.63) is 28.8 Å². The zero-order valence-electron chi connectivity index (χ0n) is 10.9. The maximum absolute atomic E-state index is 12.0. The Hall–Kier alpha value is -1.75. The van der Waals surface area contributed by atoms with E-state index in [-0.39, 0.29) is 29.1 Å². The average molecular weight is 286 g/mol. The smallest absolute Gasteiger partial charge is 0.305 e. The van der Waals surface area contributed by atoms with Gasteiger partial charge in [0.25, 0.3) is 5.91 Å². The predicted molar refractivity (Wildman–Crippen MR) is 71.3 cm³/mol. The molecule has 0 aliphatic rings. The van der Waals surface area contributed by atoms with Crippen LogP contribution in [0.2, 0.25) is 5.02 Å². The maximum atomic E-state index is 12.0. The predicted octanol–water partition coefficient (Wildman–Crippen LogP) is 2.07. The van der Waals surface area contributed by atoms with Crippen LogP contribution >= 0.6 is 11.6 Å². The van der Waals surface area contributed by atoms with E-state index in [1.807, 2.05) is 0 Å². The third-order valence-electron chi connectivity index (χ3n) is 2.64. The summed E-state index contributed by atoms with van der Waals surface area (Å²) in [4.78, 5) is 24.5. The van der Waals surface area contributed by atoms with E-state index in [9.17, 15) is 14.7 Å². The van der Waals surface area contributed by atoms with Gasteiger partial charge < -0.3 is 14.7 Å². The molecule has 1 rings (SSSR count). The number of amides is 1. The number of benzene rings is 1. The number of aromatic hydroxyl groups is 1. The summed E-state index contributed by atoms with van der Waals surface area (Å²) in [5, 5.41) is 9.42. The molecule has 1 N–H and O–H groups in total. The fourth-order valence-electron chi connectivity index (χ4n) is 1.52. The van der Waals surface area contributed by atoms with Crippen molar-refractivity contribution in [3.8, 4) is 5.75 Å². The molecule has 1 aromatic carbocycles. The molecular weight excluding hydrogens is 270 g/mol. The highest BCUT2D eigenvalue weighted by molar-refractivity contribution is 6.32. The number of hydrogen-bond acceptors (Lipinski definition) is 4. The molecular formula is C13H16ClNO4. The maximum Gasteiger partial charge on any atom is 0.305 e. The van der Waals surface area contributed by atoms with Crippen LogP contribution in [-0.2, 0) is 9.53 Å². The molecule has 0 saturated heterocycles. The summed E-state index contributed by atoms with van der Waals surface area (Å²) < 4.78 is 4.52. The molecule has 0 aromatic heterocycles. The van der Waals surface area contributed by atoms with E-state index >= 15 is 0 Å². The van der Waals surface area contributed by atoms with Gasteiger partial charge in [-0.05, 0) is 24.6 Å². The van der Waals surface area contributed by atoms with Gasteiger partial charge in [0.05, 0.1) is 12.1 Å². The van der Waals surface area contributed by atoms with Crippen LogP contribution in [-0.4, -0.2) is 42.6 Å². The summed E-state index contributed by atoms with van der Waals surface area (Å²) in [6.45, 7) is 0.437. The van der Waals surface area contributed by atoms with Crippen LogP contribution in [0.25, 0.3) is 0 Å². The molecule has 0 aliphatic heterocycles. The molecule has 0 unspecified atom stereocenters. The number of ether oxygens (including phenoxy) is 1. The molecule has 19 heavy (non-hydrogen) atoms. The summed E-state index contributed by atoms with van der Waals surface area (Å²) in [7, 11) is 2.97. The van der Waals surface area contributed by atoms with E-state index in [0.717, 1.165) is 0 Å². The Morgan fingerprint density at radius 2 is 2.11 bits per heavy atom. The van der Waals surface area contributed by atoms with Gasteiger partial charge in [0, 0.05) is 25.6 Å². The SMILES string of the molecule is COC(=O)CCCN(C)C(=O)c1ccc(O)c(Cl)c1. The highest BCUT2D eigenvalue weighted by Gasteiger charge is 2.13. The van der Waals surface area contributed by atoms with E-state index < -0.39 is 0 Å². The number of carbonyl (C=O) groups excluding carboxylic acids is 2. The first-order chi connectivity index (χ1) is 8.95. The number of carbonyl (C=O) groups is 2. The molecule has 0 fully saturated rings. The van der Waals surface area contributed by atoms with Crippen molar-refractivity contribution < 1.29 is 19.4 Å². The summed E-state index contributed by atoms with van der Waals surface area (Å²) in [5.41, 5.74) is 0.392. The van der Waals surface area contributed by atoms with Gasteiger partial charge >= 0.3 is 5.97 Å². The van der Waals surface area contributed by atoms with Gasteiger partial charge in [-0.25, -0.2) is 0 Å². The molecule has 1 amide bonds. The molecule has 0 atom stereocenters. The van der Waals surface area contributed by atoms with Crippen LogP contribution in [0.4, 0.5) is 0 Å². The Labute approximate surface area is 116 Å². The lowest BCUT2D eigenvalue weighted by molar-refractivity contribution is -0.140. The van der Waals surface area contributed by atoms with Crippen molar-refractivity contribution >= 4 is 23.5 Å². The summed E-state index contributed by atoms with van der Waals surface area (Å²) in [6, 6.07) is 4.29.